The average Bonchev–Trinajstić information content (AvgIpc) is 2.51. The molecule has 2 rings (SSSR count). The van der Waals surface area contributed by atoms with Crippen molar-refractivity contribution in [1.82, 2.24) is 5.32 Å². The number of hydrogen-bond acceptors (Lipinski definition) is 3. The summed E-state index contributed by atoms with van der Waals surface area (Å²) < 4.78 is 24.7. The van der Waals surface area contributed by atoms with Crippen LogP contribution in [0.1, 0.15) is 28.8 Å². The van der Waals surface area contributed by atoms with E-state index in [0.717, 1.165) is 11.8 Å². The summed E-state index contributed by atoms with van der Waals surface area (Å²) in [7, 11) is -3.39. The van der Waals surface area contributed by atoms with E-state index in [9.17, 15) is 13.2 Å². The molecule has 0 saturated carbocycles. The molecule has 7 heteroatoms. The highest BCUT2D eigenvalue weighted by Crippen LogP contribution is 2.22. The van der Waals surface area contributed by atoms with Crippen LogP contribution in [0.5, 0.6) is 0 Å². The Morgan fingerprint density at radius 1 is 1.17 bits per heavy atom. The van der Waals surface area contributed by atoms with Gasteiger partial charge < -0.3 is 5.32 Å². The number of rotatable bonds is 6. The lowest BCUT2D eigenvalue weighted by Gasteiger charge is -2.14. The van der Waals surface area contributed by atoms with Gasteiger partial charge in [0.25, 0.3) is 5.91 Å². The van der Waals surface area contributed by atoms with Crippen LogP contribution in [0.2, 0.25) is 5.02 Å². The largest absolute Gasteiger partial charge is 0.351 e. The van der Waals surface area contributed by atoms with E-state index < -0.39 is 10.0 Å². The summed E-state index contributed by atoms with van der Waals surface area (Å²) in [6.07, 6.45) is 1.05. The first-order valence-electron chi connectivity index (χ1n) is 7.37. The number of hydrogen-bond donors (Lipinski definition) is 2. The molecule has 2 N–H and O–H groups in total. The Kier molecular flexibility index (Phi) is 5.85. The van der Waals surface area contributed by atoms with Crippen LogP contribution < -0.4 is 10.0 Å². The van der Waals surface area contributed by atoms with E-state index in [1.807, 2.05) is 37.3 Å². The quantitative estimate of drug-likeness (QED) is 0.824. The van der Waals surface area contributed by atoms with Crippen LogP contribution in [0.3, 0.4) is 0 Å². The first-order valence-corrected chi connectivity index (χ1v) is 9.63. The van der Waals surface area contributed by atoms with E-state index in [0.29, 0.717) is 17.8 Å². The molecule has 0 spiro atoms. The molecule has 2 aromatic carbocycles. The van der Waals surface area contributed by atoms with Gasteiger partial charge in [-0.1, -0.05) is 48.9 Å². The molecular weight excluding hydrogens is 348 g/mol. The number of sulfonamides is 1. The van der Waals surface area contributed by atoms with Gasteiger partial charge in [0, 0.05) is 12.2 Å². The van der Waals surface area contributed by atoms with Crippen molar-refractivity contribution in [3.8, 4) is 0 Å². The minimum absolute atomic E-state index is 0.167. The molecule has 0 aliphatic carbocycles. The van der Waals surface area contributed by atoms with Crippen molar-refractivity contribution in [2.45, 2.75) is 12.8 Å². The molecule has 0 heterocycles. The first-order chi connectivity index (χ1) is 11.3. The Bertz CT molecular complexity index is 823. The highest BCUT2D eigenvalue weighted by atomic mass is 35.5. The predicted molar refractivity (Wildman–Crippen MR) is 97.1 cm³/mol. The molecule has 128 valence electrons. The van der Waals surface area contributed by atoms with Crippen molar-refractivity contribution in [2.24, 2.45) is 0 Å². The van der Waals surface area contributed by atoms with Gasteiger partial charge in [-0.05, 0) is 29.7 Å². The van der Waals surface area contributed by atoms with Crippen LogP contribution in [-0.4, -0.2) is 27.1 Å². The molecular formula is C17H19ClN2O3S. The molecule has 2 aromatic rings. The van der Waals surface area contributed by atoms with Gasteiger partial charge in [0.1, 0.15) is 0 Å². The van der Waals surface area contributed by atoms with E-state index in [1.54, 1.807) is 0 Å². The highest BCUT2D eigenvalue weighted by molar-refractivity contribution is 7.92. The summed E-state index contributed by atoms with van der Waals surface area (Å²) in [5.74, 6) is -0.131. The van der Waals surface area contributed by atoms with Gasteiger partial charge in [-0.3, -0.25) is 9.52 Å². The fraction of sp³-hybridized carbons (Fsp3) is 0.235. The SMILES string of the molecule is CC(CNC(=O)c1ccc(NS(C)(=O)=O)cc1Cl)c1ccccc1. The number of carbonyl (C=O) groups is 1. The third kappa shape index (κ3) is 5.25. The predicted octanol–water partition coefficient (Wildman–Crippen LogP) is 3.25. The summed E-state index contributed by atoms with van der Waals surface area (Å²) in [5.41, 5.74) is 1.75. The smallest absolute Gasteiger partial charge is 0.252 e. The molecule has 0 saturated heterocycles. The molecule has 0 fully saturated rings. The van der Waals surface area contributed by atoms with Crippen LogP contribution >= 0.6 is 11.6 Å². The molecule has 0 radical (unpaired) electrons. The summed E-state index contributed by atoms with van der Waals surface area (Å²) in [6, 6.07) is 14.3. The van der Waals surface area contributed by atoms with Gasteiger partial charge in [0.2, 0.25) is 10.0 Å². The van der Waals surface area contributed by atoms with Gasteiger partial charge in [-0.25, -0.2) is 8.42 Å². The van der Waals surface area contributed by atoms with Crippen molar-refractivity contribution < 1.29 is 13.2 Å². The van der Waals surface area contributed by atoms with Crippen molar-refractivity contribution in [1.29, 1.82) is 0 Å². The van der Waals surface area contributed by atoms with Crippen LogP contribution in [0.25, 0.3) is 0 Å². The van der Waals surface area contributed by atoms with Crippen molar-refractivity contribution in [3.05, 3.63) is 64.7 Å². The Labute approximate surface area is 147 Å². The van der Waals surface area contributed by atoms with E-state index in [4.69, 9.17) is 11.6 Å². The minimum atomic E-state index is -3.39. The first kappa shape index (κ1) is 18.3. The maximum Gasteiger partial charge on any atom is 0.252 e. The normalized spacial score (nSPS) is 12.5. The summed E-state index contributed by atoms with van der Waals surface area (Å²) in [5, 5.41) is 3.03. The lowest BCUT2D eigenvalue weighted by molar-refractivity contribution is 0.0952. The van der Waals surface area contributed by atoms with Gasteiger partial charge in [-0.2, -0.15) is 0 Å². The fourth-order valence-corrected chi connectivity index (χ4v) is 3.04. The molecule has 0 aromatic heterocycles. The third-order valence-corrected chi connectivity index (χ3v) is 4.37. The Morgan fingerprint density at radius 2 is 1.83 bits per heavy atom. The molecule has 0 aliphatic rings. The summed E-state index contributed by atoms with van der Waals surface area (Å²) in [6.45, 7) is 2.50. The number of halogens is 1. The van der Waals surface area contributed by atoms with Gasteiger partial charge in [0.15, 0.2) is 0 Å². The van der Waals surface area contributed by atoms with Crippen molar-refractivity contribution in [3.63, 3.8) is 0 Å². The van der Waals surface area contributed by atoms with E-state index in [-0.39, 0.29) is 16.8 Å². The average molecular weight is 367 g/mol. The van der Waals surface area contributed by atoms with Crippen LogP contribution in [0.4, 0.5) is 5.69 Å². The lowest BCUT2D eigenvalue weighted by atomic mass is 10.0. The zero-order valence-electron chi connectivity index (χ0n) is 13.4. The van der Waals surface area contributed by atoms with Crippen LogP contribution in [-0.2, 0) is 10.0 Å². The zero-order chi connectivity index (χ0) is 17.7. The third-order valence-electron chi connectivity index (χ3n) is 3.45. The fourth-order valence-electron chi connectivity index (χ4n) is 2.22. The number of amides is 1. The van der Waals surface area contributed by atoms with E-state index in [1.165, 1.54) is 18.2 Å². The van der Waals surface area contributed by atoms with Crippen LogP contribution in [0, 0.1) is 0 Å². The standard InChI is InChI=1S/C17H19ClN2O3S/c1-12(13-6-4-3-5-7-13)11-19-17(21)15-9-8-14(10-16(15)18)20-24(2,22)23/h3-10,12,20H,11H2,1-2H3,(H,19,21). The Hall–Kier alpha value is -2.05. The molecule has 24 heavy (non-hydrogen) atoms. The van der Waals surface area contributed by atoms with E-state index >= 15 is 0 Å². The minimum Gasteiger partial charge on any atom is -0.351 e. The summed E-state index contributed by atoms with van der Waals surface area (Å²) >= 11 is 6.09. The van der Waals surface area contributed by atoms with Gasteiger partial charge in [0.05, 0.1) is 16.8 Å². The van der Waals surface area contributed by atoms with E-state index in [2.05, 4.69) is 10.0 Å². The maximum atomic E-state index is 12.3. The topological polar surface area (TPSA) is 75.3 Å². The lowest BCUT2D eigenvalue weighted by Crippen LogP contribution is -2.27. The maximum absolute atomic E-state index is 12.3. The molecule has 0 bridgehead atoms. The Balaban J connectivity index is 2.02. The molecule has 1 unspecified atom stereocenters. The molecule has 0 aliphatic heterocycles. The second-order valence-corrected chi connectivity index (χ2v) is 7.75. The summed E-state index contributed by atoms with van der Waals surface area (Å²) in [4.78, 5) is 12.3. The zero-order valence-corrected chi connectivity index (χ0v) is 15.0. The number of carbonyl (C=O) groups excluding carboxylic acids is 1. The monoisotopic (exact) mass is 366 g/mol. The second kappa shape index (κ2) is 7.68. The molecule has 1 atom stereocenters. The van der Waals surface area contributed by atoms with Crippen molar-refractivity contribution >= 4 is 33.2 Å². The highest BCUT2D eigenvalue weighted by Gasteiger charge is 2.13. The second-order valence-electron chi connectivity index (χ2n) is 5.59. The molecule has 5 nitrogen and oxygen atoms in total. The Morgan fingerprint density at radius 3 is 2.42 bits per heavy atom. The number of benzene rings is 2. The molecule has 1 amide bonds. The van der Waals surface area contributed by atoms with Gasteiger partial charge >= 0.3 is 0 Å². The van der Waals surface area contributed by atoms with Gasteiger partial charge in [-0.15, -0.1) is 0 Å². The van der Waals surface area contributed by atoms with Crippen molar-refractivity contribution in [2.75, 3.05) is 17.5 Å². The number of anilines is 1. The number of nitrogens with one attached hydrogen (secondary N) is 2. The van der Waals surface area contributed by atoms with Crippen LogP contribution in [0.15, 0.2) is 48.5 Å².